The number of nitrogens with one attached hydrogen (secondary N) is 1. The van der Waals surface area contributed by atoms with Gasteiger partial charge in [-0.1, -0.05) is 25.1 Å². The van der Waals surface area contributed by atoms with Crippen LogP contribution in [-0.2, 0) is 4.74 Å². The van der Waals surface area contributed by atoms with Crippen LogP contribution < -0.4 is 10.2 Å². The van der Waals surface area contributed by atoms with Crippen molar-refractivity contribution in [1.82, 2.24) is 5.32 Å². The molecule has 1 fully saturated rings. The lowest BCUT2D eigenvalue weighted by Gasteiger charge is -2.34. The highest BCUT2D eigenvalue weighted by atomic mass is 16.5. The molecule has 2 atom stereocenters. The van der Waals surface area contributed by atoms with Crippen molar-refractivity contribution in [2.75, 3.05) is 31.7 Å². The summed E-state index contributed by atoms with van der Waals surface area (Å²) >= 11 is 0. The molecule has 0 aromatic heterocycles. The van der Waals surface area contributed by atoms with Crippen molar-refractivity contribution in [3.63, 3.8) is 0 Å². The van der Waals surface area contributed by atoms with Crippen LogP contribution in [0.3, 0.4) is 0 Å². The van der Waals surface area contributed by atoms with Crippen molar-refractivity contribution in [3.8, 4) is 0 Å². The number of nitrogens with zero attached hydrogens (tertiary/aromatic N) is 1. The van der Waals surface area contributed by atoms with Crippen LogP contribution in [0.15, 0.2) is 24.3 Å². The molecule has 0 saturated heterocycles. The number of benzene rings is 1. The molecule has 3 nitrogen and oxygen atoms in total. The number of methoxy groups -OCH3 is 1. The molecule has 2 unspecified atom stereocenters. The Morgan fingerprint density at radius 3 is 2.62 bits per heavy atom. The van der Waals surface area contributed by atoms with Gasteiger partial charge >= 0.3 is 0 Å². The maximum atomic E-state index is 5.33. The van der Waals surface area contributed by atoms with E-state index in [1.807, 2.05) is 0 Å². The molecule has 0 bridgehead atoms. The maximum Gasteiger partial charge on any atom is 0.0637 e. The van der Waals surface area contributed by atoms with Crippen molar-refractivity contribution in [3.05, 3.63) is 29.8 Å². The number of hydrogen-bond donors (Lipinski definition) is 1. The molecule has 1 aromatic carbocycles. The number of anilines is 1. The van der Waals surface area contributed by atoms with Gasteiger partial charge in [-0.2, -0.15) is 0 Å². The fourth-order valence-corrected chi connectivity index (χ4v) is 3.10. The highest BCUT2D eigenvalue weighted by Gasteiger charge is 2.33. The van der Waals surface area contributed by atoms with Gasteiger partial charge in [-0.25, -0.2) is 0 Å². The summed E-state index contributed by atoms with van der Waals surface area (Å²) in [5, 5.41) is 3.54. The van der Waals surface area contributed by atoms with Gasteiger partial charge in [0.25, 0.3) is 0 Å². The Hall–Kier alpha value is -1.06. The molecule has 3 heteroatoms. The lowest BCUT2D eigenvalue weighted by molar-refractivity contribution is 0.202. The third-order valence-electron chi connectivity index (χ3n) is 4.56. The third-order valence-corrected chi connectivity index (χ3v) is 4.56. The van der Waals surface area contributed by atoms with Gasteiger partial charge in [-0.05, 0) is 50.8 Å². The fourth-order valence-electron chi connectivity index (χ4n) is 3.10. The van der Waals surface area contributed by atoms with Gasteiger partial charge in [-0.15, -0.1) is 0 Å². The Bertz CT molecular complexity index is 431. The van der Waals surface area contributed by atoms with E-state index in [1.165, 1.54) is 24.1 Å². The first-order valence-electron chi connectivity index (χ1n) is 8.26. The van der Waals surface area contributed by atoms with Crippen LogP contribution in [-0.4, -0.2) is 32.8 Å². The smallest absolute Gasteiger partial charge is 0.0637 e. The second-order valence-corrected chi connectivity index (χ2v) is 6.10. The third kappa shape index (κ3) is 4.21. The molecule has 0 spiro atoms. The molecule has 0 aliphatic heterocycles. The lowest BCUT2D eigenvalue weighted by atomic mass is 10.0. The second kappa shape index (κ2) is 7.81. The van der Waals surface area contributed by atoms with E-state index in [0.717, 1.165) is 25.6 Å². The Balaban J connectivity index is 2.25. The molecule has 118 valence electrons. The molecule has 2 rings (SSSR count). The van der Waals surface area contributed by atoms with Gasteiger partial charge in [0, 0.05) is 31.4 Å². The normalized spacial score (nSPS) is 17.5. The Labute approximate surface area is 129 Å². The van der Waals surface area contributed by atoms with Crippen LogP contribution in [0.2, 0.25) is 0 Å². The minimum atomic E-state index is 0.377. The van der Waals surface area contributed by atoms with Crippen molar-refractivity contribution in [2.24, 2.45) is 5.92 Å². The quantitative estimate of drug-likeness (QED) is 0.752. The zero-order valence-corrected chi connectivity index (χ0v) is 13.9. The van der Waals surface area contributed by atoms with Gasteiger partial charge in [-0.3, -0.25) is 0 Å². The first-order valence-corrected chi connectivity index (χ1v) is 8.26. The largest absolute Gasteiger partial charge is 0.383 e. The summed E-state index contributed by atoms with van der Waals surface area (Å²) in [6, 6.07) is 9.78. The average molecular weight is 290 g/mol. The van der Waals surface area contributed by atoms with E-state index in [-0.39, 0.29) is 0 Å². The molecule has 1 aromatic rings. The van der Waals surface area contributed by atoms with Crippen LogP contribution in [0.5, 0.6) is 0 Å². The predicted octanol–water partition coefficient (Wildman–Crippen LogP) is 3.61. The van der Waals surface area contributed by atoms with Crippen LogP contribution in [0.1, 0.15) is 45.2 Å². The van der Waals surface area contributed by atoms with E-state index in [4.69, 9.17) is 4.74 Å². The molecular weight excluding hydrogens is 260 g/mol. The van der Waals surface area contributed by atoms with E-state index in [9.17, 15) is 0 Å². The van der Waals surface area contributed by atoms with Gasteiger partial charge in [0.2, 0.25) is 0 Å². The van der Waals surface area contributed by atoms with E-state index in [0.29, 0.717) is 12.1 Å². The van der Waals surface area contributed by atoms with Gasteiger partial charge in [0.1, 0.15) is 0 Å². The molecular formula is C18H30N2O. The van der Waals surface area contributed by atoms with Crippen molar-refractivity contribution in [2.45, 2.75) is 45.7 Å². The molecule has 0 amide bonds. The van der Waals surface area contributed by atoms with Crippen LogP contribution in [0, 0.1) is 5.92 Å². The number of rotatable bonds is 9. The monoisotopic (exact) mass is 290 g/mol. The molecule has 1 aliphatic carbocycles. The van der Waals surface area contributed by atoms with E-state index < -0.39 is 0 Å². The van der Waals surface area contributed by atoms with Crippen LogP contribution >= 0.6 is 0 Å². The standard InChI is InChI=1S/C18H30N2O/c1-5-19-14(2)17-8-6-7-9-18(17)20(12-13-21-4)15(3)16-10-11-16/h6-9,14-16,19H,5,10-13H2,1-4H3. The van der Waals surface area contributed by atoms with Crippen molar-refractivity contribution in [1.29, 1.82) is 0 Å². The highest BCUT2D eigenvalue weighted by molar-refractivity contribution is 5.56. The molecule has 0 heterocycles. The van der Waals surface area contributed by atoms with E-state index >= 15 is 0 Å². The number of para-hydroxylation sites is 1. The summed E-state index contributed by atoms with van der Waals surface area (Å²) in [5.74, 6) is 0.851. The van der Waals surface area contributed by atoms with Gasteiger partial charge in [0.15, 0.2) is 0 Å². The molecule has 1 saturated carbocycles. The Morgan fingerprint density at radius 1 is 1.29 bits per heavy atom. The van der Waals surface area contributed by atoms with Crippen molar-refractivity contribution >= 4 is 5.69 Å². The van der Waals surface area contributed by atoms with Crippen LogP contribution in [0.25, 0.3) is 0 Å². The zero-order chi connectivity index (χ0) is 15.2. The molecule has 0 radical (unpaired) electrons. The predicted molar refractivity (Wildman–Crippen MR) is 89.9 cm³/mol. The number of hydrogen-bond acceptors (Lipinski definition) is 3. The first-order chi connectivity index (χ1) is 10.2. The minimum absolute atomic E-state index is 0.377. The summed E-state index contributed by atoms with van der Waals surface area (Å²) in [6.07, 6.45) is 2.74. The lowest BCUT2D eigenvalue weighted by Crippen LogP contribution is -2.38. The minimum Gasteiger partial charge on any atom is -0.383 e. The molecule has 21 heavy (non-hydrogen) atoms. The summed E-state index contributed by atoms with van der Waals surface area (Å²) in [4.78, 5) is 2.55. The summed E-state index contributed by atoms with van der Waals surface area (Å²) in [7, 11) is 1.78. The van der Waals surface area contributed by atoms with Crippen molar-refractivity contribution < 1.29 is 4.74 Å². The number of ether oxygens (including phenoxy) is 1. The molecule has 1 aliphatic rings. The Morgan fingerprint density at radius 2 is 2.00 bits per heavy atom. The fraction of sp³-hybridized carbons (Fsp3) is 0.667. The summed E-state index contributed by atoms with van der Waals surface area (Å²) < 4.78 is 5.33. The van der Waals surface area contributed by atoms with Gasteiger partial charge < -0.3 is 15.0 Å². The SMILES string of the molecule is CCNC(C)c1ccccc1N(CCOC)C(C)C1CC1. The summed E-state index contributed by atoms with van der Waals surface area (Å²) in [5.41, 5.74) is 2.75. The van der Waals surface area contributed by atoms with Gasteiger partial charge in [0.05, 0.1) is 6.61 Å². The Kier molecular flexibility index (Phi) is 6.07. The zero-order valence-electron chi connectivity index (χ0n) is 13.9. The average Bonchev–Trinajstić information content (AvgIpc) is 3.33. The molecule has 1 N–H and O–H groups in total. The van der Waals surface area contributed by atoms with E-state index in [2.05, 4.69) is 55.3 Å². The van der Waals surface area contributed by atoms with E-state index in [1.54, 1.807) is 7.11 Å². The highest BCUT2D eigenvalue weighted by Crippen LogP contribution is 2.38. The van der Waals surface area contributed by atoms with Crippen LogP contribution in [0.4, 0.5) is 5.69 Å². The second-order valence-electron chi connectivity index (χ2n) is 6.10. The first kappa shape index (κ1) is 16.3. The maximum absolute atomic E-state index is 5.33. The topological polar surface area (TPSA) is 24.5 Å². The summed E-state index contributed by atoms with van der Waals surface area (Å²) in [6.45, 7) is 9.51.